The van der Waals surface area contributed by atoms with E-state index < -0.39 is 15.4 Å². The molecule has 3 atom stereocenters. The highest BCUT2D eigenvalue weighted by molar-refractivity contribution is 7.89. The molecule has 3 unspecified atom stereocenters. The number of rotatable bonds is 3. The third-order valence-corrected chi connectivity index (χ3v) is 7.36. The van der Waals surface area contributed by atoms with Gasteiger partial charge in [0.05, 0.1) is 10.3 Å². The number of benzene rings is 2. The summed E-state index contributed by atoms with van der Waals surface area (Å²) in [6.07, 6.45) is 0. The van der Waals surface area contributed by atoms with E-state index in [1.807, 2.05) is 44.2 Å². The van der Waals surface area contributed by atoms with Crippen LogP contribution in [0.1, 0.15) is 18.1 Å². The summed E-state index contributed by atoms with van der Waals surface area (Å²) in [5.41, 5.74) is 1.24. The van der Waals surface area contributed by atoms with Crippen molar-refractivity contribution in [1.82, 2.24) is 4.31 Å². The molecule has 2 aromatic carbocycles. The molecule has 0 radical (unpaired) electrons. The minimum atomic E-state index is -3.79. The number of fused-ring (bicyclic) bond motifs is 1. The summed E-state index contributed by atoms with van der Waals surface area (Å²) in [5, 5.41) is 0. The fourth-order valence-corrected chi connectivity index (χ4v) is 5.59. The van der Waals surface area contributed by atoms with Crippen molar-refractivity contribution in [2.45, 2.75) is 24.2 Å². The van der Waals surface area contributed by atoms with Crippen LogP contribution < -0.4 is 0 Å². The van der Waals surface area contributed by atoms with Crippen LogP contribution in [0, 0.1) is 18.8 Å². The second kappa shape index (κ2) is 4.93. The smallest absolute Gasteiger partial charge is 0.266 e. The maximum Gasteiger partial charge on any atom is 0.266 e. The Morgan fingerprint density at radius 3 is 2.29 bits per heavy atom. The van der Waals surface area contributed by atoms with Gasteiger partial charge in [-0.1, -0.05) is 55.0 Å². The number of carbonyl (C=O) groups excluding carboxylic acids is 1. The van der Waals surface area contributed by atoms with Crippen LogP contribution in [0.25, 0.3) is 0 Å². The molecule has 1 saturated heterocycles. The van der Waals surface area contributed by atoms with E-state index in [0.717, 1.165) is 15.4 Å². The molecule has 0 N–H and O–H groups in total. The predicted octanol–water partition coefficient (Wildman–Crippen LogP) is 2.73. The lowest BCUT2D eigenvalue weighted by Crippen LogP contribution is -2.39. The number of sulfonamides is 1. The van der Waals surface area contributed by atoms with Gasteiger partial charge in [0, 0.05) is 12.5 Å². The highest BCUT2D eigenvalue weighted by Crippen LogP contribution is 2.65. The topological polar surface area (TPSA) is 54.5 Å². The van der Waals surface area contributed by atoms with E-state index in [-0.39, 0.29) is 29.2 Å². The summed E-state index contributed by atoms with van der Waals surface area (Å²) in [6.45, 7) is 4.20. The molecular weight excluding hydrogens is 322 g/mol. The van der Waals surface area contributed by atoms with Crippen molar-refractivity contribution in [3.8, 4) is 0 Å². The molecule has 1 amide bonds. The van der Waals surface area contributed by atoms with E-state index in [2.05, 4.69) is 0 Å². The Morgan fingerprint density at radius 2 is 1.67 bits per heavy atom. The van der Waals surface area contributed by atoms with E-state index in [1.54, 1.807) is 24.3 Å². The zero-order chi connectivity index (χ0) is 17.1. The number of hydrogen-bond donors (Lipinski definition) is 0. The molecular formula is C19H19NO3S. The zero-order valence-electron chi connectivity index (χ0n) is 13.6. The molecule has 4 nitrogen and oxygen atoms in total. The third kappa shape index (κ3) is 1.85. The summed E-state index contributed by atoms with van der Waals surface area (Å²) in [5.74, 6) is -0.0451. The average molecular weight is 341 g/mol. The maximum absolute atomic E-state index is 13.1. The van der Waals surface area contributed by atoms with Crippen LogP contribution in [0.5, 0.6) is 0 Å². The first kappa shape index (κ1) is 15.4. The first-order valence-electron chi connectivity index (χ1n) is 8.09. The number of hydrogen-bond acceptors (Lipinski definition) is 3. The number of amides is 1. The maximum atomic E-state index is 13.1. The van der Waals surface area contributed by atoms with E-state index >= 15 is 0 Å². The highest BCUT2D eigenvalue weighted by Gasteiger charge is 2.74. The van der Waals surface area contributed by atoms with Gasteiger partial charge in [-0.05, 0) is 30.5 Å². The molecule has 2 fully saturated rings. The van der Waals surface area contributed by atoms with E-state index in [4.69, 9.17) is 0 Å². The van der Waals surface area contributed by atoms with Crippen LogP contribution in [-0.2, 0) is 20.2 Å². The minimum absolute atomic E-state index is 0.0626. The monoisotopic (exact) mass is 341 g/mol. The summed E-state index contributed by atoms with van der Waals surface area (Å²) in [4.78, 5) is 13.3. The second-order valence-electron chi connectivity index (χ2n) is 6.78. The molecule has 4 rings (SSSR count). The fraction of sp³-hybridized carbons (Fsp3) is 0.316. The van der Waals surface area contributed by atoms with Gasteiger partial charge < -0.3 is 0 Å². The van der Waals surface area contributed by atoms with Gasteiger partial charge in [0.1, 0.15) is 0 Å². The van der Waals surface area contributed by atoms with Crippen molar-refractivity contribution in [3.63, 3.8) is 0 Å². The molecule has 124 valence electrons. The van der Waals surface area contributed by atoms with Gasteiger partial charge >= 0.3 is 0 Å². The Labute approximate surface area is 142 Å². The molecule has 1 aliphatic carbocycles. The van der Waals surface area contributed by atoms with Crippen LogP contribution in [0.3, 0.4) is 0 Å². The summed E-state index contributed by atoms with van der Waals surface area (Å²) < 4.78 is 26.9. The Bertz CT molecular complexity index is 905. The van der Waals surface area contributed by atoms with Gasteiger partial charge in [-0.15, -0.1) is 0 Å². The number of piperidine rings is 1. The Kier molecular flexibility index (Phi) is 3.16. The largest absolute Gasteiger partial charge is 0.273 e. The van der Waals surface area contributed by atoms with Gasteiger partial charge in [-0.25, -0.2) is 12.7 Å². The molecule has 2 aromatic rings. The van der Waals surface area contributed by atoms with Gasteiger partial charge in [0.15, 0.2) is 0 Å². The van der Waals surface area contributed by atoms with Gasteiger partial charge in [0.25, 0.3) is 10.0 Å². The molecule has 2 aliphatic rings. The zero-order valence-corrected chi connectivity index (χ0v) is 14.5. The van der Waals surface area contributed by atoms with Crippen molar-refractivity contribution in [2.24, 2.45) is 11.8 Å². The lowest BCUT2D eigenvalue weighted by Gasteiger charge is -2.23. The second-order valence-corrected chi connectivity index (χ2v) is 8.65. The van der Waals surface area contributed by atoms with Crippen LogP contribution in [0.2, 0.25) is 0 Å². The van der Waals surface area contributed by atoms with Crippen molar-refractivity contribution in [2.75, 3.05) is 6.54 Å². The SMILES string of the molecule is Cc1ccc(S(=O)(=O)N2CC3C(C)C3(c3ccccc3)C2=O)cc1. The molecule has 0 aromatic heterocycles. The molecule has 1 heterocycles. The lowest BCUT2D eigenvalue weighted by molar-refractivity contribution is -0.127. The molecule has 0 spiro atoms. The van der Waals surface area contributed by atoms with Crippen molar-refractivity contribution < 1.29 is 13.2 Å². The van der Waals surface area contributed by atoms with Crippen LogP contribution in [0.15, 0.2) is 59.5 Å². The molecule has 5 heteroatoms. The summed E-state index contributed by atoms with van der Waals surface area (Å²) in [6, 6.07) is 16.2. The standard InChI is InChI=1S/C19H19NO3S/c1-13-8-10-16(11-9-13)24(22,23)20-12-17-14(2)19(17,18(20)21)15-6-4-3-5-7-15/h3-11,14,17H,12H2,1-2H3. The van der Waals surface area contributed by atoms with E-state index in [0.29, 0.717) is 0 Å². The summed E-state index contributed by atoms with van der Waals surface area (Å²) in [7, 11) is -3.79. The number of aryl methyl sites for hydroxylation is 1. The third-order valence-electron chi connectivity index (χ3n) is 5.60. The summed E-state index contributed by atoms with van der Waals surface area (Å²) >= 11 is 0. The number of carbonyl (C=O) groups is 1. The first-order valence-corrected chi connectivity index (χ1v) is 9.53. The molecule has 1 aliphatic heterocycles. The van der Waals surface area contributed by atoms with E-state index in [1.165, 1.54) is 0 Å². The molecule has 1 saturated carbocycles. The fourth-order valence-electron chi connectivity index (χ4n) is 4.13. The predicted molar refractivity (Wildman–Crippen MR) is 90.9 cm³/mol. The average Bonchev–Trinajstić information content (AvgIpc) is 3.02. The van der Waals surface area contributed by atoms with Crippen molar-refractivity contribution in [1.29, 1.82) is 0 Å². The van der Waals surface area contributed by atoms with Crippen LogP contribution in [-0.4, -0.2) is 25.2 Å². The lowest BCUT2D eigenvalue weighted by atomic mass is 9.92. The van der Waals surface area contributed by atoms with Crippen LogP contribution in [0.4, 0.5) is 0 Å². The minimum Gasteiger partial charge on any atom is -0.273 e. The first-order chi connectivity index (χ1) is 11.4. The highest BCUT2D eigenvalue weighted by atomic mass is 32.2. The quantitative estimate of drug-likeness (QED) is 0.862. The molecule has 24 heavy (non-hydrogen) atoms. The Morgan fingerprint density at radius 1 is 1.04 bits per heavy atom. The van der Waals surface area contributed by atoms with Gasteiger partial charge in [-0.2, -0.15) is 0 Å². The normalized spacial score (nSPS) is 28.8. The van der Waals surface area contributed by atoms with E-state index in [9.17, 15) is 13.2 Å². The van der Waals surface area contributed by atoms with Gasteiger partial charge in [-0.3, -0.25) is 4.79 Å². The van der Waals surface area contributed by atoms with Crippen molar-refractivity contribution >= 4 is 15.9 Å². The Balaban J connectivity index is 1.74. The van der Waals surface area contributed by atoms with Crippen LogP contribution >= 0.6 is 0 Å². The Hall–Kier alpha value is -2.14. The van der Waals surface area contributed by atoms with Crippen molar-refractivity contribution in [3.05, 3.63) is 65.7 Å². The van der Waals surface area contributed by atoms with Gasteiger partial charge in [0.2, 0.25) is 5.91 Å². The molecule has 0 bridgehead atoms. The number of nitrogens with zero attached hydrogens (tertiary/aromatic N) is 1.